The van der Waals surface area contributed by atoms with Crippen molar-refractivity contribution in [2.75, 3.05) is 13.7 Å². The minimum absolute atomic E-state index is 0.00375. The van der Waals surface area contributed by atoms with E-state index in [0.717, 1.165) is 11.3 Å². The van der Waals surface area contributed by atoms with Gasteiger partial charge in [-0.3, -0.25) is 9.59 Å². The highest BCUT2D eigenvalue weighted by Crippen LogP contribution is 2.21. The highest BCUT2D eigenvalue weighted by molar-refractivity contribution is 5.83. The minimum atomic E-state index is -0.00375. The maximum absolute atomic E-state index is 11.9. The van der Waals surface area contributed by atoms with E-state index in [1.54, 1.807) is 18.9 Å². The molecule has 1 unspecified atom stereocenters. The van der Waals surface area contributed by atoms with Crippen LogP contribution >= 0.6 is 0 Å². The first-order valence-electron chi connectivity index (χ1n) is 6.51. The predicted molar refractivity (Wildman–Crippen MR) is 71.8 cm³/mol. The molecule has 19 heavy (non-hydrogen) atoms. The fourth-order valence-corrected chi connectivity index (χ4v) is 2.35. The topological polar surface area (TPSA) is 46.6 Å². The molecule has 1 fully saturated rings. The highest BCUT2D eigenvalue weighted by Gasteiger charge is 2.28. The van der Waals surface area contributed by atoms with Gasteiger partial charge in [0.2, 0.25) is 5.91 Å². The van der Waals surface area contributed by atoms with Gasteiger partial charge in [-0.25, -0.2) is 0 Å². The first-order valence-corrected chi connectivity index (χ1v) is 6.51. The van der Waals surface area contributed by atoms with Crippen LogP contribution in [0.25, 0.3) is 0 Å². The number of amides is 1. The SMILES string of the molecule is COc1ccc(CN2CC(C(C)=O)CCC2=O)cc1. The summed E-state index contributed by atoms with van der Waals surface area (Å²) in [7, 11) is 1.63. The van der Waals surface area contributed by atoms with Gasteiger partial charge in [-0.05, 0) is 31.0 Å². The standard InChI is InChI=1S/C15H19NO3/c1-11(17)13-5-8-15(18)16(10-13)9-12-3-6-14(19-2)7-4-12/h3-4,6-7,13H,5,8-10H2,1-2H3. The third kappa shape index (κ3) is 3.34. The van der Waals surface area contributed by atoms with Gasteiger partial charge in [0, 0.05) is 25.4 Å². The number of Topliss-reactive ketones (excluding diaryl/α,β-unsaturated/α-hetero) is 1. The predicted octanol–water partition coefficient (Wildman–Crippen LogP) is 2.02. The number of hydrogen-bond acceptors (Lipinski definition) is 3. The lowest BCUT2D eigenvalue weighted by molar-refractivity contribution is -0.137. The smallest absolute Gasteiger partial charge is 0.222 e. The van der Waals surface area contributed by atoms with Crippen LogP contribution in [0.2, 0.25) is 0 Å². The zero-order valence-corrected chi connectivity index (χ0v) is 11.4. The van der Waals surface area contributed by atoms with Crippen LogP contribution in [0.5, 0.6) is 5.75 Å². The number of rotatable bonds is 4. The number of carbonyl (C=O) groups is 2. The van der Waals surface area contributed by atoms with Gasteiger partial charge in [-0.2, -0.15) is 0 Å². The molecule has 1 aromatic carbocycles. The van der Waals surface area contributed by atoms with Crippen molar-refractivity contribution >= 4 is 11.7 Å². The molecule has 4 nitrogen and oxygen atoms in total. The Labute approximate surface area is 113 Å². The molecule has 1 aromatic rings. The lowest BCUT2D eigenvalue weighted by atomic mass is 9.94. The van der Waals surface area contributed by atoms with Crippen LogP contribution in [0.15, 0.2) is 24.3 Å². The van der Waals surface area contributed by atoms with E-state index in [0.29, 0.717) is 25.9 Å². The number of ketones is 1. The number of ether oxygens (including phenoxy) is 1. The van der Waals surface area contributed by atoms with Crippen molar-refractivity contribution in [1.82, 2.24) is 4.90 Å². The fraction of sp³-hybridized carbons (Fsp3) is 0.467. The van der Waals surface area contributed by atoms with E-state index >= 15 is 0 Å². The van der Waals surface area contributed by atoms with Gasteiger partial charge in [0.25, 0.3) is 0 Å². The van der Waals surface area contributed by atoms with Crippen LogP contribution in [0.3, 0.4) is 0 Å². The largest absolute Gasteiger partial charge is 0.497 e. The van der Waals surface area contributed by atoms with Gasteiger partial charge in [-0.1, -0.05) is 12.1 Å². The summed E-state index contributed by atoms with van der Waals surface area (Å²) in [4.78, 5) is 25.1. The molecule has 1 heterocycles. The lowest BCUT2D eigenvalue weighted by Crippen LogP contribution is -2.41. The number of nitrogens with zero attached hydrogens (tertiary/aromatic N) is 1. The molecule has 0 N–H and O–H groups in total. The average molecular weight is 261 g/mol. The van der Waals surface area contributed by atoms with Gasteiger partial charge in [0.15, 0.2) is 0 Å². The number of likely N-dealkylation sites (tertiary alicyclic amines) is 1. The molecule has 0 radical (unpaired) electrons. The summed E-state index contributed by atoms with van der Waals surface area (Å²) in [6.07, 6.45) is 1.16. The molecule has 1 amide bonds. The van der Waals surface area contributed by atoms with Crippen molar-refractivity contribution in [3.63, 3.8) is 0 Å². The van der Waals surface area contributed by atoms with E-state index in [4.69, 9.17) is 4.74 Å². The number of hydrogen-bond donors (Lipinski definition) is 0. The Morgan fingerprint density at radius 3 is 2.63 bits per heavy atom. The second kappa shape index (κ2) is 5.87. The molecule has 0 bridgehead atoms. The van der Waals surface area contributed by atoms with Gasteiger partial charge >= 0.3 is 0 Å². The third-order valence-electron chi connectivity index (χ3n) is 3.61. The van der Waals surface area contributed by atoms with Crippen molar-refractivity contribution in [2.45, 2.75) is 26.3 Å². The van der Waals surface area contributed by atoms with Gasteiger partial charge in [0.1, 0.15) is 11.5 Å². The molecule has 0 saturated carbocycles. The Hall–Kier alpha value is -1.84. The van der Waals surface area contributed by atoms with E-state index < -0.39 is 0 Å². The maximum atomic E-state index is 11.9. The number of carbonyl (C=O) groups excluding carboxylic acids is 2. The summed E-state index contributed by atoms with van der Waals surface area (Å²) in [5, 5.41) is 0. The summed E-state index contributed by atoms with van der Waals surface area (Å²) < 4.78 is 5.10. The summed E-state index contributed by atoms with van der Waals surface area (Å²) in [5.41, 5.74) is 1.05. The zero-order chi connectivity index (χ0) is 13.8. The van der Waals surface area contributed by atoms with E-state index in [2.05, 4.69) is 0 Å². The van der Waals surface area contributed by atoms with Gasteiger partial charge in [-0.15, -0.1) is 0 Å². The molecular formula is C15H19NO3. The van der Waals surface area contributed by atoms with Crippen LogP contribution in [-0.2, 0) is 16.1 Å². The van der Waals surface area contributed by atoms with E-state index in [9.17, 15) is 9.59 Å². The summed E-state index contributed by atoms with van der Waals surface area (Å²) in [5.74, 6) is 1.10. The first-order chi connectivity index (χ1) is 9.10. The Balaban J connectivity index is 2.03. The monoisotopic (exact) mass is 261 g/mol. The number of methoxy groups -OCH3 is 1. The Kier molecular flexibility index (Phi) is 4.20. The Morgan fingerprint density at radius 1 is 1.37 bits per heavy atom. The van der Waals surface area contributed by atoms with Crippen molar-refractivity contribution in [3.05, 3.63) is 29.8 Å². The lowest BCUT2D eigenvalue weighted by Gasteiger charge is -2.31. The fourth-order valence-electron chi connectivity index (χ4n) is 2.35. The molecule has 0 aromatic heterocycles. The van der Waals surface area contributed by atoms with Crippen LogP contribution in [-0.4, -0.2) is 30.2 Å². The summed E-state index contributed by atoms with van der Waals surface area (Å²) in [6.45, 7) is 2.71. The molecule has 4 heteroatoms. The molecule has 1 aliphatic heterocycles. The molecule has 1 atom stereocenters. The van der Waals surface area contributed by atoms with E-state index in [-0.39, 0.29) is 17.6 Å². The molecule has 0 aliphatic carbocycles. The van der Waals surface area contributed by atoms with Crippen molar-refractivity contribution in [2.24, 2.45) is 5.92 Å². The second-order valence-electron chi connectivity index (χ2n) is 4.97. The van der Waals surface area contributed by atoms with Crippen molar-refractivity contribution in [3.8, 4) is 5.75 Å². The molecule has 102 valence electrons. The van der Waals surface area contributed by atoms with Crippen molar-refractivity contribution < 1.29 is 14.3 Å². The normalized spacial score (nSPS) is 19.4. The van der Waals surface area contributed by atoms with Crippen LogP contribution in [0.4, 0.5) is 0 Å². The molecule has 1 saturated heterocycles. The minimum Gasteiger partial charge on any atom is -0.497 e. The van der Waals surface area contributed by atoms with Gasteiger partial charge in [0.05, 0.1) is 7.11 Å². The highest BCUT2D eigenvalue weighted by atomic mass is 16.5. The number of benzene rings is 1. The summed E-state index contributed by atoms with van der Waals surface area (Å²) in [6, 6.07) is 7.66. The van der Waals surface area contributed by atoms with Crippen LogP contribution in [0.1, 0.15) is 25.3 Å². The van der Waals surface area contributed by atoms with Crippen LogP contribution < -0.4 is 4.74 Å². The Morgan fingerprint density at radius 2 is 2.05 bits per heavy atom. The molecule has 1 aliphatic rings. The zero-order valence-electron chi connectivity index (χ0n) is 11.4. The van der Waals surface area contributed by atoms with Gasteiger partial charge < -0.3 is 9.64 Å². The second-order valence-corrected chi connectivity index (χ2v) is 4.97. The number of piperidine rings is 1. The third-order valence-corrected chi connectivity index (χ3v) is 3.61. The Bertz CT molecular complexity index is 467. The van der Waals surface area contributed by atoms with Crippen LogP contribution in [0, 0.1) is 5.92 Å². The average Bonchev–Trinajstić information content (AvgIpc) is 2.42. The summed E-state index contributed by atoms with van der Waals surface area (Å²) >= 11 is 0. The molecule has 0 spiro atoms. The molecular weight excluding hydrogens is 242 g/mol. The maximum Gasteiger partial charge on any atom is 0.222 e. The van der Waals surface area contributed by atoms with Crippen molar-refractivity contribution in [1.29, 1.82) is 0 Å². The molecule has 2 rings (SSSR count). The van der Waals surface area contributed by atoms with E-state index in [1.165, 1.54) is 0 Å². The first kappa shape index (κ1) is 13.6. The van der Waals surface area contributed by atoms with E-state index in [1.807, 2.05) is 24.3 Å². The quantitative estimate of drug-likeness (QED) is 0.833.